The first-order valence-electron chi connectivity index (χ1n) is 8.44. The molecule has 1 heterocycles. The Kier molecular flexibility index (Phi) is 5.41. The number of morpholine rings is 1. The topological polar surface area (TPSA) is 75.7 Å². The van der Waals surface area contributed by atoms with Crippen LogP contribution in [0.5, 0.6) is 0 Å². The van der Waals surface area contributed by atoms with E-state index in [4.69, 9.17) is 4.74 Å². The Hall–Kier alpha value is -2.22. The number of sulfonamides is 1. The molecule has 1 N–H and O–H groups in total. The number of rotatable bonds is 4. The Bertz CT molecular complexity index is 902. The zero-order chi connectivity index (χ0) is 18.7. The molecule has 0 aliphatic carbocycles. The minimum Gasteiger partial charge on any atom is -0.379 e. The molecule has 2 aromatic rings. The Labute approximate surface area is 153 Å². The average molecular weight is 374 g/mol. The third-order valence-corrected chi connectivity index (χ3v) is 6.39. The van der Waals surface area contributed by atoms with Crippen LogP contribution in [0.2, 0.25) is 0 Å². The molecule has 1 aliphatic rings. The second-order valence-corrected chi connectivity index (χ2v) is 8.22. The van der Waals surface area contributed by atoms with Gasteiger partial charge < -0.3 is 10.1 Å². The molecule has 138 valence electrons. The van der Waals surface area contributed by atoms with E-state index in [0.717, 1.165) is 5.56 Å². The van der Waals surface area contributed by atoms with E-state index in [2.05, 4.69) is 5.32 Å². The first-order valence-corrected chi connectivity index (χ1v) is 9.88. The molecule has 0 aromatic heterocycles. The number of ether oxygens (including phenoxy) is 1. The van der Waals surface area contributed by atoms with Crippen LogP contribution in [0.15, 0.2) is 47.4 Å². The number of hydrogen-bond donors (Lipinski definition) is 1. The molecule has 3 rings (SSSR count). The molecule has 0 unspecified atom stereocenters. The molecule has 1 saturated heterocycles. The lowest BCUT2D eigenvalue weighted by atomic mass is 10.1. The molecule has 1 amide bonds. The standard InChI is InChI=1S/C19H22N2O4S/c1-14-3-6-16(7-4-14)19(22)20-17-8-5-15(2)18(13-17)26(23,24)21-9-11-25-12-10-21/h3-8,13H,9-12H2,1-2H3,(H,20,22). The molecule has 26 heavy (non-hydrogen) atoms. The lowest BCUT2D eigenvalue weighted by Gasteiger charge is -2.26. The quantitative estimate of drug-likeness (QED) is 0.892. The van der Waals surface area contributed by atoms with Gasteiger partial charge in [-0.15, -0.1) is 0 Å². The Morgan fingerprint density at radius 2 is 1.69 bits per heavy atom. The molecule has 0 radical (unpaired) electrons. The molecule has 6 nitrogen and oxygen atoms in total. The maximum Gasteiger partial charge on any atom is 0.255 e. The number of anilines is 1. The van der Waals surface area contributed by atoms with Crippen LogP contribution in [0.3, 0.4) is 0 Å². The van der Waals surface area contributed by atoms with Crippen molar-refractivity contribution < 1.29 is 17.9 Å². The number of aryl methyl sites for hydroxylation is 2. The molecule has 1 aliphatic heterocycles. The summed E-state index contributed by atoms with van der Waals surface area (Å²) in [5.74, 6) is -0.274. The van der Waals surface area contributed by atoms with E-state index < -0.39 is 10.0 Å². The third-order valence-electron chi connectivity index (χ3n) is 4.35. The second kappa shape index (κ2) is 7.57. The van der Waals surface area contributed by atoms with Crippen LogP contribution in [-0.4, -0.2) is 44.9 Å². The van der Waals surface area contributed by atoms with Gasteiger partial charge in [-0.3, -0.25) is 4.79 Å². The minimum absolute atomic E-state index is 0.209. The molecule has 0 bridgehead atoms. The highest BCUT2D eigenvalue weighted by molar-refractivity contribution is 7.89. The van der Waals surface area contributed by atoms with Gasteiger partial charge in [-0.1, -0.05) is 23.8 Å². The highest BCUT2D eigenvalue weighted by Crippen LogP contribution is 2.24. The SMILES string of the molecule is Cc1ccc(C(=O)Nc2ccc(C)c(S(=O)(=O)N3CCOCC3)c2)cc1. The highest BCUT2D eigenvalue weighted by Gasteiger charge is 2.28. The van der Waals surface area contributed by atoms with Crippen molar-refractivity contribution in [3.05, 3.63) is 59.2 Å². The molecular formula is C19H22N2O4S. The first kappa shape index (κ1) is 18.6. The summed E-state index contributed by atoms with van der Waals surface area (Å²) in [6, 6.07) is 12.1. The monoisotopic (exact) mass is 374 g/mol. The van der Waals surface area contributed by atoms with E-state index in [1.807, 2.05) is 19.1 Å². The summed E-state index contributed by atoms with van der Waals surface area (Å²) < 4.78 is 32.5. The van der Waals surface area contributed by atoms with Crippen LogP contribution in [-0.2, 0) is 14.8 Å². The van der Waals surface area contributed by atoms with Crippen molar-refractivity contribution in [2.75, 3.05) is 31.6 Å². The largest absolute Gasteiger partial charge is 0.379 e. The first-order chi connectivity index (χ1) is 12.4. The number of nitrogens with one attached hydrogen (secondary N) is 1. The summed E-state index contributed by atoms with van der Waals surface area (Å²) >= 11 is 0. The van der Waals surface area contributed by atoms with Gasteiger partial charge in [0, 0.05) is 24.3 Å². The van der Waals surface area contributed by atoms with Crippen molar-refractivity contribution in [2.45, 2.75) is 18.7 Å². The van der Waals surface area contributed by atoms with Gasteiger partial charge in [0.05, 0.1) is 18.1 Å². The van der Waals surface area contributed by atoms with Crippen molar-refractivity contribution in [3.63, 3.8) is 0 Å². The normalized spacial score (nSPS) is 15.6. The summed E-state index contributed by atoms with van der Waals surface area (Å²) in [6.07, 6.45) is 0. The predicted molar refractivity (Wildman–Crippen MR) is 99.9 cm³/mol. The molecular weight excluding hydrogens is 352 g/mol. The van der Waals surface area contributed by atoms with E-state index in [-0.39, 0.29) is 10.8 Å². The lowest BCUT2D eigenvalue weighted by molar-refractivity contribution is 0.0730. The molecule has 0 saturated carbocycles. The van der Waals surface area contributed by atoms with Crippen LogP contribution in [0.1, 0.15) is 21.5 Å². The van der Waals surface area contributed by atoms with Crippen LogP contribution < -0.4 is 5.32 Å². The van der Waals surface area contributed by atoms with Gasteiger partial charge in [-0.25, -0.2) is 8.42 Å². The summed E-state index contributed by atoms with van der Waals surface area (Å²) in [7, 11) is -3.62. The lowest BCUT2D eigenvalue weighted by Crippen LogP contribution is -2.40. The van der Waals surface area contributed by atoms with Gasteiger partial charge >= 0.3 is 0 Å². The van der Waals surface area contributed by atoms with Gasteiger partial charge in [0.2, 0.25) is 10.0 Å². The summed E-state index contributed by atoms with van der Waals surface area (Å²) in [5.41, 5.74) is 2.68. The number of nitrogens with zero attached hydrogens (tertiary/aromatic N) is 1. The number of carbonyl (C=O) groups excluding carboxylic acids is 1. The minimum atomic E-state index is -3.62. The zero-order valence-electron chi connectivity index (χ0n) is 14.9. The number of carbonyl (C=O) groups is 1. The molecule has 7 heteroatoms. The summed E-state index contributed by atoms with van der Waals surface area (Å²) in [4.78, 5) is 12.6. The maximum absolute atomic E-state index is 12.9. The summed E-state index contributed by atoms with van der Waals surface area (Å²) in [5, 5.41) is 2.77. The smallest absolute Gasteiger partial charge is 0.255 e. The van der Waals surface area contributed by atoms with E-state index in [1.165, 1.54) is 10.4 Å². The zero-order valence-corrected chi connectivity index (χ0v) is 15.7. The Balaban J connectivity index is 1.85. The fourth-order valence-electron chi connectivity index (χ4n) is 2.79. The molecule has 1 fully saturated rings. The third kappa shape index (κ3) is 3.95. The Morgan fingerprint density at radius 1 is 1.04 bits per heavy atom. The Morgan fingerprint density at radius 3 is 2.35 bits per heavy atom. The van der Waals surface area contributed by atoms with Crippen molar-refractivity contribution in [3.8, 4) is 0 Å². The van der Waals surface area contributed by atoms with Crippen LogP contribution in [0.4, 0.5) is 5.69 Å². The van der Waals surface area contributed by atoms with Gasteiger partial charge in [0.1, 0.15) is 0 Å². The molecule has 2 aromatic carbocycles. The van der Waals surface area contributed by atoms with E-state index in [1.54, 1.807) is 31.2 Å². The van der Waals surface area contributed by atoms with E-state index >= 15 is 0 Å². The number of amides is 1. The average Bonchev–Trinajstić information content (AvgIpc) is 2.64. The van der Waals surface area contributed by atoms with Gasteiger partial charge in [0.15, 0.2) is 0 Å². The fraction of sp³-hybridized carbons (Fsp3) is 0.316. The number of benzene rings is 2. The van der Waals surface area contributed by atoms with Gasteiger partial charge in [-0.05, 0) is 43.7 Å². The van der Waals surface area contributed by atoms with Crippen LogP contribution in [0, 0.1) is 13.8 Å². The highest BCUT2D eigenvalue weighted by atomic mass is 32.2. The van der Waals surface area contributed by atoms with Crippen molar-refractivity contribution >= 4 is 21.6 Å². The van der Waals surface area contributed by atoms with E-state index in [0.29, 0.717) is 43.1 Å². The molecule has 0 spiro atoms. The number of hydrogen-bond acceptors (Lipinski definition) is 4. The maximum atomic E-state index is 12.9. The van der Waals surface area contributed by atoms with Crippen LogP contribution >= 0.6 is 0 Å². The summed E-state index contributed by atoms with van der Waals surface area (Å²) in [6.45, 7) is 5.15. The molecule has 0 atom stereocenters. The van der Waals surface area contributed by atoms with Gasteiger partial charge in [0.25, 0.3) is 5.91 Å². The van der Waals surface area contributed by atoms with Crippen LogP contribution in [0.25, 0.3) is 0 Å². The second-order valence-electron chi connectivity index (χ2n) is 6.32. The van der Waals surface area contributed by atoms with Crippen molar-refractivity contribution in [2.24, 2.45) is 0 Å². The van der Waals surface area contributed by atoms with Crippen molar-refractivity contribution in [1.29, 1.82) is 0 Å². The van der Waals surface area contributed by atoms with Crippen molar-refractivity contribution in [1.82, 2.24) is 4.31 Å². The van der Waals surface area contributed by atoms with Gasteiger partial charge in [-0.2, -0.15) is 4.31 Å². The predicted octanol–water partition coefficient (Wildman–Crippen LogP) is 2.58. The van der Waals surface area contributed by atoms with E-state index in [9.17, 15) is 13.2 Å². The fourth-order valence-corrected chi connectivity index (χ4v) is 4.45.